The van der Waals surface area contributed by atoms with E-state index in [2.05, 4.69) is 15.9 Å². The third-order valence-electron chi connectivity index (χ3n) is 3.08. The van der Waals surface area contributed by atoms with E-state index in [1.54, 1.807) is 12.1 Å². The van der Waals surface area contributed by atoms with Gasteiger partial charge in [0.1, 0.15) is 17.2 Å². The van der Waals surface area contributed by atoms with Crippen LogP contribution in [0.3, 0.4) is 0 Å². The van der Waals surface area contributed by atoms with E-state index >= 15 is 0 Å². The fourth-order valence-electron chi connectivity index (χ4n) is 2.08. The maximum Gasteiger partial charge on any atom is 0.134 e. The molecule has 1 aromatic heterocycles. The maximum absolute atomic E-state index is 12.9. The summed E-state index contributed by atoms with van der Waals surface area (Å²) in [7, 11) is 0. The summed E-state index contributed by atoms with van der Waals surface area (Å²) in [6.07, 6.45) is 0.764. The monoisotopic (exact) mass is 318 g/mol. The molecular formula is C16H12BrFO. The molecule has 1 unspecified atom stereocenters. The summed E-state index contributed by atoms with van der Waals surface area (Å²) in [6.45, 7) is 0. The highest BCUT2D eigenvalue weighted by Gasteiger charge is 2.13. The van der Waals surface area contributed by atoms with Crippen molar-refractivity contribution >= 4 is 26.9 Å². The van der Waals surface area contributed by atoms with Gasteiger partial charge >= 0.3 is 0 Å². The first-order valence-corrected chi connectivity index (χ1v) is 7.01. The van der Waals surface area contributed by atoms with Crippen molar-refractivity contribution in [1.29, 1.82) is 0 Å². The molecule has 0 aliphatic heterocycles. The van der Waals surface area contributed by atoms with Gasteiger partial charge in [-0.25, -0.2) is 4.39 Å². The predicted molar refractivity (Wildman–Crippen MR) is 78.0 cm³/mol. The van der Waals surface area contributed by atoms with Gasteiger partial charge in [-0.3, -0.25) is 0 Å². The Morgan fingerprint density at radius 3 is 2.53 bits per heavy atom. The van der Waals surface area contributed by atoms with Crippen LogP contribution in [-0.4, -0.2) is 0 Å². The summed E-state index contributed by atoms with van der Waals surface area (Å²) < 4.78 is 18.7. The van der Waals surface area contributed by atoms with Crippen LogP contribution in [0.1, 0.15) is 16.2 Å². The lowest BCUT2D eigenvalue weighted by Gasteiger charge is -2.06. The second-order valence-electron chi connectivity index (χ2n) is 4.48. The molecule has 3 aromatic rings. The van der Waals surface area contributed by atoms with Crippen LogP contribution in [0.2, 0.25) is 0 Å². The summed E-state index contributed by atoms with van der Waals surface area (Å²) in [5, 5.41) is 1.10. The number of hydrogen-bond donors (Lipinski definition) is 0. The van der Waals surface area contributed by atoms with Gasteiger partial charge in [0.15, 0.2) is 0 Å². The van der Waals surface area contributed by atoms with Crippen molar-refractivity contribution in [2.24, 2.45) is 0 Å². The summed E-state index contributed by atoms with van der Waals surface area (Å²) in [5.41, 5.74) is 1.96. The molecule has 0 radical (unpaired) electrons. The first-order chi connectivity index (χ1) is 9.22. The van der Waals surface area contributed by atoms with E-state index in [-0.39, 0.29) is 10.6 Å². The Balaban J connectivity index is 1.83. The third-order valence-corrected chi connectivity index (χ3v) is 3.86. The van der Waals surface area contributed by atoms with E-state index in [4.69, 9.17) is 4.42 Å². The lowest BCUT2D eigenvalue weighted by Crippen LogP contribution is -1.93. The Labute approximate surface area is 119 Å². The van der Waals surface area contributed by atoms with E-state index in [9.17, 15) is 4.39 Å². The largest absolute Gasteiger partial charge is 0.460 e. The average Bonchev–Trinajstić information content (AvgIpc) is 2.85. The molecule has 1 atom stereocenters. The fraction of sp³-hybridized carbons (Fsp3) is 0.125. The highest BCUT2D eigenvalue weighted by atomic mass is 79.9. The van der Waals surface area contributed by atoms with Crippen LogP contribution in [0.5, 0.6) is 0 Å². The molecule has 0 aliphatic rings. The molecule has 0 bridgehead atoms. The van der Waals surface area contributed by atoms with Gasteiger partial charge in [-0.15, -0.1) is 0 Å². The highest BCUT2D eigenvalue weighted by molar-refractivity contribution is 9.09. The van der Waals surface area contributed by atoms with Gasteiger partial charge in [0.05, 0.1) is 4.83 Å². The van der Waals surface area contributed by atoms with Gasteiger partial charge in [0.25, 0.3) is 0 Å². The Hall–Kier alpha value is -1.61. The molecule has 3 rings (SSSR count). The van der Waals surface area contributed by atoms with E-state index in [0.717, 1.165) is 28.7 Å². The standard InChI is InChI=1S/C16H12BrFO/c17-14(9-11-5-7-13(18)8-6-11)16-10-12-3-1-2-4-15(12)19-16/h1-8,10,14H,9H2. The zero-order chi connectivity index (χ0) is 13.2. The number of furan rings is 1. The second-order valence-corrected chi connectivity index (χ2v) is 5.59. The number of benzene rings is 2. The molecule has 0 spiro atoms. The fourth-order valence-corrected chi connectivity index (χ4v) is 2.68. The maximum atomic E-state index is 12.9. The second kappa shape index (κ2) is 5.17. The van der Waals surface area contributed by atoms with Crippen LogP contribution in [0.15, 0.2) is 59.0 Å². The topological polar surface area (TPSA) is 13.1 Å². The minimum absolute atomic E-state index is 0.0883. The van der Waals surface area contributed by atoms with Crippen molar-refractivity contribution in [3.8, 4) is 0 Å². The number of alkyl halides is 1. The van der Waals surface area contributed by atoms with E-state index < -0.39 is 0 Å². The molecule has 3 heteroatoms. The van der Waals surface area contributed by atoms with Crippen molar-refractivity contribution in [3.05, 3.63) is 71.7 Å². The van der Waals surface area contributed by atoms with Crippen LogP contribution in [0, 0.1) is 5.82 Å². The molecule has 2 aromatic carbocycles. The quantitative estimate of drug-likeness (QED) is 0.601. The molecule has 19 heavy (non-hydrogen) atoms. The van der Waals surface area contributed by atoms with Gasteiger partial charge < -0.3 is 4.42 Å². The Morgan fingerprint density at radius 1 is 1.05 bits per heavy atom. The van der Waals surface area contributed by atoms with Crippen LogP contribution < -0.4 is 0 Å². The van der Waals surface area contributed by atoms with Crippen molar-refractivity contribution in [2.45, 2.75) is 11.2 Å². The van der Waals surface area contributed by atoms with Gasteiger partial charge in [-0.05, 0) is 36.2 Å². The lowest BCUT2D eigenvalue weighted by atomic mass is 10.1. The average molecular weight is 319 g/mol. The normalized spacial score (nSPS) is 12.7. The molecule has 96 valence electrons. The molecule has 0 N–H and O–H groups in total. The van der Waals surface area contributed by atoms with Gasteiger partial charge in [-0.1, -0.05) is 46.3 Å². The Kier molecular flexibility index (Phi) is 3.38. The van der Waals surface area contributed by atoms with Crippen LogP contribution in [0.4, 0.5) is 4.39 Å². The van der Waals surface area contributed by atoms with E-state index in [1.165, 1.54) is 12.1 Å². The molecule has 0 saturated heterocycles. The highest BCUT2D eigenvalue weighted by Crippen LogP contribution is 2.31. The molecule has 0 amide bonds. The zero-order valence-electron chi connectivity index (χ0n) is 10.1. The predicted octanol–water partition coefficient (Wildman–Crippen LogP) is 5.25. The summed E-state index contributed by atoms with van der Waals surface area (Å²) in [4.78, 5) is 0.0883. The van der Waals surface area contributed by atoms with Gasteiger partial charge in [-0.2, -0.15) is 0 Å². The molecular weight excluding hydrogens is 307 g/mol. The number of fused-ring (bicyclic) bond motifs is 1. The Morgan fingerprint density at radius 2 is 1.79 bits per heavy atom. The molecule has 0 aliphatic carbocycles. The number of rotatable bonds is 3. The minimum atomic E-state index is -0.210. The van der Waals surface area contributed by atoms with Crippen molar-refractivity contribution in [1.82, 2.24) is 0 Å². The molecule has 0 fully saturated rings. The molecule has 0 saturated carbocycles. The van der Waals surface area contributed by atoms with Crippen molar-refractivity contribution < 1.29 is 8.81 Å². The molecule has 1 heterocycles. The smallest absolute Gasteiger partial charge is 0.134 e. The van der Waals surface area contributed by atoms with E-state index in [0.29, 0.717) is 0 Å². The van der Waals surface area contributed by atoms with E-state index in [1.807, 2.05) is 30.3 Å². The lowest BCUT2D eigenvalue weighted by molar-refractivity contribution is 0.545. The SMILES string of the molecule is Fc1ccc(CC(Br)c2cc3ccccc3o2)cc1. The zero-order valence-corrected chi connectivity index (χ0v) is 11.7. The van der Waals surface area contributed by atoms with Crippen molar-refractivity contribution in [2.75, 3.05) is 0 Å². The third kappa shape index (κ3) is 2.71. The Bertz CT molecular complexity index is 654. The van der Waals surface area contributed by atoms with Crippen LogP contribution in [-0.2, 0) is 6.42 Å². The van der Waals surface area contributed by atoms with Gasteiger partial charge in [0.2, 0.25) is 0 Å². The summed E-state index contributed by atoms with van der Waals surface area (Å²) in [5.74, 6) is 0.684. The first kappa shape index (κ1) is 12.4. The summed E-state index contributed by atoms with van der Waals surface area (Å²) >= 11 is 3.63. The number of para-hydroxylation sites is 1. The van der Waals surface area contributed by atoms with Crippen molar-refractivity contribution in [3.63, 3.8) is 0 Å². The number of halogens is 2. The summed E-state index contributed by atoms with van der Waals surface area (Å²) in [6, 6.07) is 16.5. The molecule has 1 nitrogen and oxygen atoms in total. The number of hydrogen-bond acceptors (Lipinski definition) is 1. The first-order valence-electron chi connectivity index (χ1n) is 6.09. The van der Waals surface area contributed by atoms with Gasteiger partial charge in [0, 0.05) is 5.39 Å². The van der Waals surface area contributed by atoms with Crippen LogP contribution >= 0.6 is 15.9 Å². The minimum Gasteiger partial charge on any atom is -0.460 e. The van der Waals surface area contributed by atoms with Crippen LogP contribution in [0.25, 0.3) is 11.0 Å².